The molecule has 1 amide bonds. The standard InChI is InChI=1S/C19H13F5N4O.C6H12.C3H5NO/c1-8-14(19(25)28-7-27-8)17(26-2)10-4-3-9(5-11(10)20)29-18-15(23)12(21)6-13(22)16(18)24;1-6-4-2-3-5-6;1-2-3(4)5/h3-7H,1-2H3,(H2,25,27,28);6H,2-5H2,1H3;2H,1H2,(H2,4,5). The summed E-state index contributed by atoms with van der Waals surface area (Å²) in [6.45, 7) is 7.06. The van der Waals surface area contributed by atoms with E-state index in [1.54, 1.807) is 6.92 Å². The summed E-state index contributed by atoms with van der Waals surface area (Å²) in [5.41, 5.74) is 11.3. The van der Waals surface area contributed by atoms with Gasteiger partial charge in [-0.25, -0.2) is 23.1 Å². The van der Waals surface area contributed by atoms with E-state index in [9.17, 15) is 26.7 Å². The summed E-state index contributed by atoms with van der Waals surface area (Å²) < 4.78 is 73.7. The van der Waals surface area contributed by atoms with Crippen molar-refractivity contribution in [3.05, 3.63) is 89.2 Å². The maximum atomic E-state index is 14.7. The molecule has 1 heterocycles. The Morgan fingerprint density at radius 1 is 1.05 bits per heavy atom. The Labute approximate surface area is 228 Å². The summed E-state index contributed by atoms with van der Waals surface area (Å²) in [6, 6.07) is 3.20. The fourth-order valence-corrected chi connectivity index (χ4v) is 3.79. The third kappa shape index (κ3) is 8.32. The van der Waals surface area contributed by atoms with Crippen molar-refractivity contribution in [2.75, 3.05) is 12.8 Å². The molecule has 7 nitrogen and oxygen atoms in total. The minimum Gasteiger partial charge on any atom is -0.451 e. The lowest BCUT2D eigenvalue weighted by Gasteiger charge is -2.13. The first-order valence-corrected chi connectivity index (χ1v) is 12.2. The highest BCUT2D eigenvalue weighted by atomic mass is 19.2. The third-order valence-corrected chi connectivity index (χ3v) is 5.86. The molecule has 1 saturated carbocycles. The van der Waals surface area contributed by atoms with Crippen LogP contribution in [0.5, 0.6) is 11.5 Å². The predicted molar refractivity (Wildman–Crippen MR) is 143 cm³/mol. The lowest BCUT2D eigenvalue weighted by Crippen LogP contribution is -2.13. The highest BCUT2D eigenvalue weighted by Crippen LogP contribution is 2.32. The van der Waals surface area contributed by atoms with Crippen LogP contribution in [0.15, 0.2) is 48.2 Å². The number of aliphatic imine (C=N–C) groups is 1. The summed E-state index contributed by atoms with van der Waals surface area (Å²) in [6.07, 6.45) is 8.25. The highest BCUT2D eigenvalue weighted by molar-refractivity contribution is 6.16. The van der Waals surface area contributed by atoms with Gasteiger partial charge in [0.15, 0.2) is 11.6 Å². The van der Waals surface area contributed by atoms with Gasteiger partial charge in [-0.05, 0) is 31.1 Å². The number of nitrogens with zero attached hydrogens (tertiary/aromatic N) is 3. The lowest BCUT2D eigenvalue weighted by molar-refractivity contribution is -0.113. The molecule has 0 spiro atoms. The van der Waals surface area contributed by atoms with Gasteiger partial charge in [0.25, 0.3) is 0 Å². The number of aryl methyl sites for hydroxylation is 1. The number of aromatic nitrogens is 2. The lowest BCUT2D eigenvalue weighted by atomic mass is 10.0. The van der Waals surface area contributed by atoms with E-state index in [0.717, 1.165) is 24.1 Å². The van der Waals surface area contributed by atoms with Crippen LogP contribution in [0, 0.1) is 41.9 Å². The topological polar surface area (TPSA) is 116 Å². The zero-order chi connectivity index (χ0) is 30.0. The Hall–Kier alpha value is -4.35. The number of ether oxygens (including phenoxy) is 1. The fraction of sp³-hybridized carbons (Fsp3) is 0.286. The Bertz CT molecular complexity index is 1350. The van der Waals surface area contributed by atoms with Gasteiger partial charge in [0.1, 0.15) is 23.7 Å². The van der Waals surface area contributed by atoms with Crippen molar-refractivity contribution in [2.45, 2.75) is 39.5 Å². The predicted octanol–water partition coefficient (Wildman–Crippen LogP) is 6.18. The SMILES string of the molecule is C=CC(N)=O.CC1CCCC1.CN=C(c1ccc(Oc2c(F)c(F)cc(F)c2F)cc1F)c1c(C)ncnc1N. The number of anilines is 1. The molecule has 214 valence electrons. The van der Waals surface area contributed by atoms with Crippen LogP contribution >= 0.6 is 0 Å². The van der Waals surface area contributed by atoms with Crippen LogP contribution in [0.1, 0.15) is 49.4 Å². The summed E-state index contributed by atoms with van der Waals surface area (Å²) in [5, 5.41) is 0. The number of hydrogen-bond donors (Lipinski definition) is 2. The summed E-state index contributed by atoms with van der Waals surface area (Å²) in [5.74, 6) is -8.73. The first kappa shape index (κ1) is 31.9. The van der Waals surface area contributed by atoms with Gasteiger partial charge in [0.05, 0.1) is 17.0 Å². The second-order valence-corrected chi connectivity index (χ2v) is 8.83. The van der Waals surface area contributed by atoms with E-state index >= 15 is 0 Å². The van der Waals surface area contributed by atoms with Crippen molar-refractivity contribution in [3.8, 4) is 11.5 Å². The van der Waals surface area contributed by atoms with Crippen molar-refractivity contribution in [1.29, 1.82) is 0 Å². The minimum atomic E-state index is -1.74. The first-order valence-electron chi connectivity index (χ1n) is 12.2. The number of carbonyl (C=O) groups excluding carboxylic acids is 1. The van der Waals surface area contributed by atoms with Crippen LogP contribution in [0.2, 0.25) is 0 Å². The molecule has 0 atom stereocenters. The molecule has 1 aromatic heterocycles. The van der Waals surface area contributed by atoms with Crippen LogP contribution in [0.25, 0.3) is 0 Å². The molecule has 0 saturated heterocycles. The molecule has 12 heteroatoms. The van der Waals surface area contributed by atoms with E-state index in [1.165, 1.54) is 45.1 Å². The summed E-state index contributed by atoms with van der Waals surface area (Å²) in [7, 11) is 1.41. The van der Waals surface area contributed by atoms with Gasteiger partial charge < -0.3 is 16.2 Å². The van der Waals surface area contributed by atoms with E-state index in [1.807, 2.05) is 0 Å². The number of rotatable bonds is 5. The molecule has 1 fully saturated rings. The van der Waals surface area contributed by atoms with Gasteiger partial charge >= 0.3 is 0 Å². The molecule has 0 bridgehead atoms. The molecule has 4 N–H and O–H groups in total. The molecule has 0 unspecified atom stereocenters. The number of nitrogen functional groups attached to an aromatic ring is 1. The summed E-state index contributed by atoms with van der Waals surface area (Å²) in [4.78, 5) is 21.4. The number of carbonyl (C=O) groups is 1. The van der Waals surface area contributed by atoms with E-state index in [-0.39, 0.29) is 23.2 Å². The van der Waals surface area contributed by atoms with Gasteiger partial charge in [-0.15, -0.1) is 0 Å². The fourth-order valence-electron chi connectivity index (χ4n) is 3.79. The van der Waals surface area contributed by atoms with Crippen LogP contribution in [-0.4, -0.2) is 28.6 Å². The van der Waals surface area contributed by atoms with Gasteiger partial charge in [-0.3, -0.25) is 9.79 Å². The van der Waals surface area contributed by atoms with Crippen LogP contribution in [0.4, 0.5) is 27.8 Å². The normalized spacial score (nSPS) is 13.1. The largest absolute Gasteiger partial charge is 0.451 e. The smallest absolute Gasteiger partial charge is 0.240 e. The van der Waals surface area contributed by atoms with Crippen molar-refractivity contribution in [1.82, 2.24) is 9.97 Å². The van der Waals surface area contributed by atoms with Gasteiger partial charge in [0.2, 0.25) is 23.3 Å². The van der Waals surface area contributed by atoms with E-state index in [4.69, 9.17) is 10.5 Å². The second kappa shape index (κ2) is 14.7. The van der Waals surface area contributed by atoms with E-state index < -0.39 is 46.5 Å². The molecule has 0 radical (unpaired) electrons. The first-order chi connectivity index (χ1) is 18.9. The molecule has 1 aliphatic carbocycles. The van der Waals surface area contributed by atoms with Crippen LogP contribution < -0.4 is 16.2 Å². The van der Waals surface area contributed by atoms with E-state index in [2.05, 4.69) is 34.2 Å². The molecule has 2 aromatic carbocycles. The second-order valence-electron chi connectivity index (χ2n) is 8.83. The Morgan fingerprint density at radius 3 is 2.05 bits per heavy atom. The van der Waals surface area contributed by atoms with Crippen molar-refractivity contribution < 1.29 is 31.5 Å². The molecule has 1 aliphatic rings. The monoisotopic (exact) mass is 563 g/mol. The van der Waals surface area contributed by atoms with E-state index in [0.29, 0.717) is 11.3 Å². The number of primary amides is 1. The molecule has 3 aromatic rings. The number of nitrogens with two attached hydrogens (primary N) is 2. The third-order valence-electron chi connectivity index (χ3n) is 5.86. The Morgan fingerprint density at radius 2 is 1.62 bits per heavy atom. The van der Waals surface area contributed by atoms with Gasteiger partial charge in [0, 0.05) is 24.7 Å². The maximum absolute atomic E-state index is 14.7. The number of amides is 1. The molecule has 0 aliphatic heterocycles. The van der Waals surface area contributed by atoms with Crippen molar-refractivity contribution in [2.24, 2.45) is 16.6 Å². The highest BCUT2D eigenvalue weighted by Gasteiger charge is 2.23. The van der Waals surface area contributed by atoms with Gasteiger partial charge in [-0.2, -0.15) is 8.78 Å². The average molecular weight is 564 g/mol. The van der Waals surface area contributed by atoms with Gasteiger partial charge in [-0.1, -0.05) is 39.2 Å². The number of benzene rings is 2. The average Bonchev–Trinajstić information content (AvgIpc) is 3.40. The summed E-state index contributed by atoms with van der Waals surface area (Å²) >= 11 is 0. The van der Waals surface area contributed by atoms with Crippen LogP contribution in [-0.2, 0) is 4.79 Å². The van der Waals surface area contributed by atoms with Crippen molar-refractivity contribution in [3.63, 3.8) is 0 Å². The molecule has 4 rings (SSSR count). The number of halogens is 5. The minimum absolute atomic E-state index is 0.0178. The maximum Gasteiger partial charge on any atom is 0.240 e. The molecular formula is C28H30F5N5O2. The molecular weight excluding hydrogens is 533 g/mol. The van der Waals surface area contributed by atoms with Crippen LogP contribution in [0.3, 0.4) is 0 Å². The quantitative estimate of drug-likeness (QED) is 0.167. The van der Waals surface area contributed by atoms with Crippen molar-refractivity contribution >= 4 is 17.4 Å². The number of hydrogen-bond acceptors (Lipinski definition) is 6. The Kier molecular flexibility index (Phi) is 11.7. The zero-order valence-electron chi connectivity index (χ0n) is 22.3. The Balaban J connectivity index is 0.000000425. The molecule has 40 heavy (non-hydrogen) atoms. The zero-order valence-corrected chi connectivity index (χ0v) is 22.3.